The summed E-state index contributed by atoms with van der Waals surface area (Å²) in [6, 6.07) is 13.9. The summed E-state index contributed by atoms with van der Waals surface area (Å²) in [7, 11) is 0. The number of benzene rings is 1. The molecule has 0 saturated heterocycles. The van der Waals surface area contributed by atoms with Crippen molar-refractivity contribution >= 4 is 22.9 Å². The van der Waals surface area contributed by atoms with Gasteiger partial charge in [0.1, 0.15) is 17.2 Å². The van der Waals surface area contributed by atoms with Crippen molar-refractivity contribution in [1.82, 2.24) is 34.4 Å². The Balaban J connectivity index is 1.09. The summed E-state index contributed by atoms with van der Waals surface area (Å²) in [5.74, 6) is 0.184. The maximum absolute atomic E-state index is 13.0. The Morgan fingerprint density at radius 2 is 1.76 bits per heavy atom. The number of hydrogen-bond donors (Lipinski definition) is 3. The topological polar surface area (TPSA) is 140 Å². The van der Waals surface area contributed by atoms with Gasteiger partial charge in [0.25, 0.3) is 11.5 Å². The Kier molecular flexibility index (Phi) is 6.88. The number of nitrogens with one attached hydrogen (secondary N) is 3. The van der Waals surface area contributed by atoms with Crippen LogP contribution in [0.1, 0.15) is 47.3 Å². The van der Waals surface area contributed by atoms with Crippen molar-refractivity contribution in [3.63, 3.8) is 0 Å². The number of H-pyrrole nitrogens is 1. The maximum Gasteiger partial charge on any atom is 0.332 e. The third-order valence-corrected chi connectivity index (χ3v) is 7.01. The molecule has 0 spiro atoms. The number of aromatic nitrogens is 6. The molecule has 1 amide bonds. The van der Waals surface area contributed by atoms with Crippen LogP contribution in [0, 0.1) is 5.95 Å². The van der Waals surface area contributed by atoms with Gasteiger partial charge < -0.3 is 15.6 Å². The SMILES string of the molecule is CCn1c(=O)n(C2CC2)c(=O)c2[nH]c(-c3ccc(NCc4ccc(CNC(=O)c5ccc(F)nc5)cc4)nc3)nc21. The second-order valence-electron chi connectivity index (χ2n) is 9.87. The Morgan fingerprint density at radius 1 is 1.00 bits per heavy atom. The van der Waals surface area contributed by atoms with Crippen LogP contribution in [0.15, 0.2) is 70.5 Å². The molecule has 1 aliphatic carbocycles. The molecule has 1 saturated carbocycles. The Hall–Kier alpha value is -5.13. The minimum Gasteiger partial charge on any atom is -0.366 e. The van der Waals surface area contributed by atoms with Gasteiger partial charge in [-0.25, -0.2) is 19.7 Å². The van der Waals surface area contributed by atoms with Gasteiger partial charge in [-0.3, -0.25) is 18.7 Å². The van der Waals surface area contributed by atoms with Crippen LogP contribution in [0.4, 0.5) is 10.2 Å². The summed E-state index contributed by atoms with van der Waals surface area (Å²) < 4.78 is 15.8. The molecular formula is C29H27FN8O3. The molecule has 11 nitrogen and oxygen atoms in total. The second kappa shape index (κ2) is 10.8. The van der Waals surface area contributed by atoms with Gasteiger partial charge in [-0.05, 0) is 55.2 Å². The molecule has 3 N–H and O–H groups in total. The highest BCUT2D eigenvalue weighted by Crippen LogP contribution is 2.32. The largest absolute Gasteiger partial charge is 0.366 e. The van der Waals surface area contributed by atoms with E-state index in [1.807, 2.05) is 43.3 Å². The number of carbonyl (C=O) groups is 1. The lowest BCUT2D eigenvalue weighted by atomic mass is 10.1. The first-order chi connectivity index (χ1) is 19.9. The quantitative estimate of drug-likeness (QED) is 0.237. The molecule has 208 valence electrons. The lowest BCUT2D eigenvalue weighted by Gasteiger charge is -2.08. The van der Waals surface area contributed by atoms with Crippen molar-refractivity contribution in [2.75, 3.05) is 5.32 Å². The van der Waals surface area contributed by atoms with Crippen molar-refractivity contribution in [2.24, 2.45) is 0 Å². The van der Waals surface area contributed by atoms with Crippen molar-refractivity contribution in [3.05, 3.63) is 104 Å². The normalized spacial score (nSPS) is 12.9. The van der Waals surface area contributed by atoms with Gasteiger partial charge in [-0.2, -0.15) is 4.39 Å². The van der Waals surface area contributed by atoms with E-state index >= 15 is 0 Å². The Morgan fingerprint density at radius 3 is 2.39 bits per heavy atom. The van der Waals surface area contributed by atoms with Gasteiger partial charge in [0.15, 0.2) is 5.65 Å². The number of hydrogen-bond acceptors (Lipinski definition) is 7. The van der Waals surface area contributed by atoms with E-state index in [-0.39, 0.29) is 23.2 Å². The molecule has 0 radical (unpaired) electrons. The van der Waals surface area contributed by atoms with Crippen LogP contribution in [-0.4, -0.2) is 35.0 Å². The average Bonchev–Trinajstić information content (AvgIpc) is 3.73. The highest BCUT2D eigenvalue weighted by atomic mass is 19.1. The zero-order valence-corrected chi connectivity index (χ0v) is 22.2. The molecule has 1 aromatic carbocycles. The van der Waals surface area contributed by atoms with E-state index < -0.39 is 5.95 Å². The minimum absolute atomic E-state index is 0.0290. The second-order valence-corrected chi connectivity index (χ2v) is 9.87. The number of fused-ring (bicyclic) bond motifs is 1. The van der Waals surface area contributed by atoms with Crippen molar-refractivity contribution in [1.29, 1.82) is 0 Å². The highest BCUT2D eigenvalue weighted by Gasteiger charge is 2.29. The number of aromatic amines is 1. The molecule has 4 aromatic heterocycles. The van der Waals surface area contributed by atoms with Crippen LogP contribution in [0.25, 0.3) is 22.6 Å². The maximum atomic E-state index is 13.0. The number of anilines is 1. The molecular weight excluding hydrogens is 527 g/mol. The van der Waals surface area contributed by atoms with E-state index in [1.165, 1.54) is 21.4 Å². The molecule has 12 heteroatoms. The van der Waals surface area contributed by atoms with Crippen LogP contribution in [0.5, 0.6) is 0 Å². The number of nitrogens with zero attached hydrogens (tertiary/aromatic N) is 5. The molecule has 6 rings (SSSR count). The molecule has 5 aromatic rings. The van der Waals surface area contributed by atoms with E-state index in [0.717, 1.165) is 30.0 Å². The number of pyridine rings is 2. The van der Waals surface area contributed by atoms with Crippen LogP contribution in [0.2, 0.25) is 0 Å². The predicted octanol–water partition coefficient (Wildman–Crippen LogP) is 3.38. The summed E-state index contributed by atoms with van der Waals surface area (Å²) in [5, 5.41) is 6.07. The van der Waals surface area contributed by atoms with E-state index in [2.05, 4.69) is 30.6 Å². The van der Waals surface area contributed by atoms with Crippen LogP contribution in [-0.2, 0) is 19.6 Å². The summed E-state index contributed by atoms with van der Waals surface area (Å²) in [6.45, 7) is 3.14. The fourth-order valence-corrected chi connectivity index (χ4v) is 4.61. The molecule has 0 aliphatic heterocycles. The monoisotopic (exact) mass is 554 g/mol. The lowest BCUT2D eigenvalue weighted by Crippen LogP contribution is -2.39. The minimum atomic E-state index is -0.632. The smallest absolute Gasteiger partial charge is 0.332 e. The molecule has 1 aliphatic rings. The molecule has 0 bridgehead atoms. The van der Waals surface area contributed by atoms with E-state index in [4.69, 9.17) is 0 Å². The number of carbonyl (C=O) groups excluding carboxylic acids is 1. The lowest BCUT2D eigenvalue weighted by molar-refractivity contribution is 0.0950. The van der Waals surface area contributed by atoms with Gasteiger partial charge in [0, 0.05) is 43.6 Å². The van der Waals surface area contributed by atoms with E-state index in [1.54, 1.807) is 6.20 Å². The number of aryl methyl sites for hydroxylation is 1. The summed E-state index contributed by atoms with van der Waals surface area (Å²) in [5.41, 5.74) is 2.96. The number of rotatable bonds is 9. The van der Waals surface area contributed by atoms with Crippen molar-refractivity contribution in [2.45, 2.75) is 45.4 Å². The van der Waals surface area contributed by atoms with Gasteiger partial charge in [-0.1, -0.05) is 24.3 Å². The fourth-order valence-electron chi connectivity index (χ4n) is 4.61. The Bertz CT molecular complexity index is 1840. The average molecular weight is 555 g/mol. The summed E-state index contributed by atoms with van der Waals surface area (Å²) >= 11 is 0. The third-order valence-electron chi connectivity index (χ3n) is 7.01. The first-order valence-corrected chi connectivity index (χ1v) is 13.3. The zero-order valence-electron chi connectivity index (χ0n) is 22.2. The summed E-state index contributed by atoms with van der Waals surface area (Å²) in [4.78, 5) is 53.7. The predicted molar refractivity (Wildman–Crippen MR) is 151 cm³/mol. The van der Waals surface area contributed by atoms with E-state index in [0.29, 0.717) is 53.6 Å². The van der Waals surface area contributed by atoms with E-state index in [9.17, 15) is 18.8 Å². The Labute approximate surface area is 233 Å². The number of amides is 1. The molecule has 4 heterocycles. The van der Waals surface area contributed by atoms with Crippen molar-refractivity contribution in [3.8, 4) is 11.4 Å². The molecule has 0 atom stereocenters. The number of halogens is 1. The fraction of sp³-hybridized carbons (Fsp3) is 0.241. The van der Waals surface area contributed by atoms with Gasteiger partial charge in [-0.15, -0.1) is 0 Å². The molecule has 41 heavy (non-hydrogen) atoms. The van der Waals surface area contributed by atoms with Gasteiger partial charge in [0.2, 0.25) is 5.95 Å². The van der Waals surface area contributed by atoms with Gasteiger partial charge >= 0.3 is 5.69 Å². The first kappa shape index (κ1) is 26.1. The third kappa shape index (κ3) is 5.36. The van der Waals surface area contributed by atoms with Gasteiger partial charge in [0.05, 0.1) is 5.56 Å². The highest BCUT2D eigenvalue weighted by molar-refractivity contribution is 5.93. The van der Waals surface area contributed by atoms with Crippen LogP contribution < -0.4 is 21.9 Å². The first-order valence-electron chi connectivity index (χ1n) is 13.3. The molecule has 0 unspecified atom stereocenters. The van der Waals surface area contributed by atoms with Crippen LogP contribution >= 0.6 is 0 Å². The number of imidazole rings is 1. The summed E-state index contributed by atoms with van der Waals surface area (Å²) in [6.07, 6.45) is 4.54. The molecule has 1 fully saturated rings. The van der Waals surface area contributed by atoms with Crippen LogP contribution in [0.3, 0.4) is 0 Å². The standard InChI is InChI=1S/C29H27FN8O3/c1-2-37-26-24(28(40)38(29(37)41)21-9-10-21)35-25(36-26)19-8-12-23(33-15-19)32-13-17-3-5-18(6-4-17)14-34-27(39)20-7-11-22(30)31-16-20/h3-8,11-12,15-16,21H,2,9-10,13-14H2,1H3,(H,32,33)(H,34,39)(H,35,36). The van der Waals surface area contributed by atoms with Crippen molar-refractivity contribution < 1.29 is 9.18 Å². The zero-order chi connectivity index (χ0) is 28.5.